The topological polar surface area (TPSA) is 20.3 Å². The summed E-state index contributed by atoms with van der Waals surface area (Å²) >= 11 is 0. The Balaban J connectivity index is 1.42. The van der Waals surface area contributed by atoms with Gasteiger partial charge in [0.15, 0.2) is 5.78 Å². The Kier molecular flexibility index (Phi) is 4.47. The zero-order valence-corrected chi connectivity index (χ0v) is 15.1. The van der Waals surface area contributed by atoms with E-state index in [0.717, 1.165) is 50.9 Å². The molecular formula is C23H27NO. The maximum absolute atomic E-state index is 13.2. The predicted octanol–water partition coefficient (Wildman–Crippen LogP) is 4.70. The van der Waals surface area contributed by atoms with Crippen LogP contribution in [0.1, 0.15) is 53.6 Å². The second-order valence-electron chi connectivity index (χ2n) is 7.88. The van der Waals surface area contributed by atoms with E-state index in [1.807, 2.05) is 12.1 Å². The van der Waals surface area contributed by atoms with Crippen LogP contribution in [0, 0.1) is 5.41 Å². The molecule has 0 saturated carbocycles. The SMILES string of the molecule is CC1CC2(CCN(CCc3ccccc3)CC2)C(=O)c2ccccc21. The summed E-state index contributed by atoms with van der Waals surface area (Å²) in [6.45, 7) is 5.48. The highest BCUT2D eigenvalue weighted by molar-refractivity contribution is 6.03. The molecule has 1 saturated heterocycles. The maximum atomic E-state index is 13.2. The van der Waals surface area contributed by atoms with Crippen molar-refractivity contribution in [2.24, 2.45) is 5.41 Å². The summed E-state index contributed by atoms with van der Waals surface area (Å²) in [6.07, 6.45) is 4.15. The molecule has 1 atom stereocenters. The molecular weight excluding hydrogens is 306 g/mol. The molecule has 1 unspecified atom stereocenters. The molecule has 2 aliphatic rings. The minimum absolute atomic E-state index is 0.114. The first kappa shape index (κ1) is 16.5. The number of benzene rings is 2. The lowest BCUT2D eigenvalue weighted by atomic mass is 9.62. The smallest absolute Gasteiger partial charge is 0.169 e. The molecule has 4 rings (SSSR count). The van der Waals surface area contributed by atoms with E-state index in [4.69, 9.17) is 0 Å². The van der Waals surface area contributed by atoms with Crippen LogP contribution < -0.4 is 0 Å². The Bertz CT molecular complexity index is 744. The average Bonchev–Trinajstić information content (AvgIpc) is 2.67. The molecule has 2 aromatic rings. The van der Waals surface area contributed by atoms with E-state index < -0.39 is 0 Å². The summed E-state index contributed by atoms with van der Waals surface area (Å²) in [4.78, 5) is 15.7. The van der Waals surface area contributed by atoms with Gasteiger partial charge >= 0.3 is 0 Å². The van der Waals surface area contributed by atoms with Crippen molar-refractivity contribution in [3.05, 3.63) is 71.3 Å². The van der Waals surface area contributed by atoms with Crippen molar-refractivity contribution in [1.82, 2.24) is 4.90 Å². The molecule has 0 aromatic heterocycles. The summed E-state index contributed by atoms with van der Waals surface area (Å²) in [7, 11) is 0. The molecule has 0 N–H and O–H groups in total. The number of hydrogen-bond acceptors (Lipinski definition) is 2. The van der Waals surface area contributed by atoms with Gasteiger partial charge in [0.05, 0.1) is 0 Å². The van der Waals surface area contributed by atoms with Crippen molar-refractivity contribution in [2.45, 2.75) is 38.5 Å². The van der Waals surface area contributed by atoms with Crippen molar-refractivity contribution in [3.8, 4) is 0 Å². The summed E-state index contributed by atoms with van der Waals surface area (Å²) < 4.78 is 0. The molecule has 2 aromatic carbocycles. The number of Topliss-reactive ketones (excluding diaryl/α,β-unsaturated/α-hetero) is 1. The van der Waals surface area contributed by atoms with Crippen molar-refractivity contribution in [2.75, 3.05) is 19.6 Å². The number of carbonyl (C=O) groups is 1. The first-order valence-electron chi connectivity index (χ1n) is 9.58. The molecule has 0 radical (unpaired) electrons. The lowest BCUT2D eigenvalue weighted by molar-refractivity contribution is 0.0517. The quantitative estimate of drug-likeness (QED) is 0.811. The number of piperidine rings is 1. The molecule has 1 fully saturated rings. The Morgan fingerprint density at radius 2 is 1.68 bits per heavy atom. The first-order valence-corrected chi connectivity index (χ1v) is 9.58. The second kappa shape index (κ2) is 6.76. The summed E-state index contributed by atoms with van der Waals surface area (Å²) in [5, 5.41) is 0. The largest absolute Gasteiger partial charge is 0.303 e. The fraction of sp³-hybridized carbons (Fsp3) is 0.435. The molecule has 2 nitrogen and oxygen atoms in total. The lowest BCUT2D eigenvalue weighted by Gasteiger charge is -2.45. The van der Waals surface area contributed by atoms with Crippen LogP contribution in [0.25, 0.3) is 0 Å². The highest BCUT2D eigenvalue weighted by Crippen LogP contribution is 2.48. The number of fused-ring (bicyclic) bond motifs is 1. The third-order valence-electron chi connectivity index (χ3n) is 6.29. The van der Waals surface area contributed by atoms with Crippen LogP contribution in [-0.2, 0) is 6.42 Å². The fourth-order valence-electron chi connectivity index (χ4n) is 4.78. The molecule has 1 heterocycles. The van der Waals surface area contributed by atoms with Gasteiger partial charge in [-0.25, -0.2) is 0 Å². The Morgan fingerprint density at radius 3 is 2.44 bits per heavy atom. The van der Waals surface area contributed by atoms with Gasteiger partial charge in [-0.1, -0.05) is 61.5 Å². The van der Waals surface area contributed by atoms with Crippen molar-refractivity contribution in [1.29, 1.82) is 0 Å². The molecule has 0 amide bonds. The number of rotatable bonds is 3. The molecule has 0 bridgehead atoms. The Morgan fingerprint density at radius 1 is 1.00 bits per heavy atom. The number of likely N-dealkylation sites (tertiary alicyclic amines) is 1. The van der Waals surface area contributed by atoms with Crippen LogP contribution in [-0.4, -0.2) is 30.3 Å². The molecule has 1 aliphatic heterocycles. The van der Waals surface area contributed by atoms with Crippen LogP contribution >= 0.6 is 0 Å². The van der Waals surface area contributed by atoms with Crippen LogP contribution in [0.5, 0.6) is 0 Å². The Hall–Kier alpha value is -1.93. The van der Waals surface area contributed by atoms with E-state index in [1.165, 1.54) is 11.1 Å². The number of nitrogens with zero attached hydrogens (tertiary/aromatic N) is 1. The van der Waals surface area contributed by atoms with Gasteiger partial charge in [0.1, 0.15) is 0 Å². The number of carbonyl (C=O) groups excluding carboxylic acids is 1. The van der Waals surface area contributed by atoms with Gasteiger partial charge in [-0.05, 0) is 55.8 Å². The highest BCUT2D eigenvalue weighted by Gasteiger charge is 2.46. The maximum Gasteiger partial charge on any atom is 0.169 e. The fourth-order valence-corrected chi connectivity index (χ4v) is 4.78. The van der Waals surface area contributed by atoms with Gasteiger partial charge in [-0.2, -0.15) is 0 Å². The standard InChI is InChI=1S/C23H27NO/c1-18-17-23(22(25)21-10-6-5-9-20(18)21)12-15-24(16-13-23)14-11-19-7-3-2-4-8-19/h2-10,18H,11-17H2,1H3. The third kappa shape index (κ3) is 3.16. The van der Waals surface area contributed by atoms with E-state index in [1.54, 1.807) is 0 Å². The Labute approximate surface area is 150 Å². The highest BCUT2D eigenvalue weighted by atomic mass is 16.1. The van der Waals surface area contributed by atoms with Gasteiger partial charge in [-0.3, -0.25) is 4.79 Å². The van der Waals surface area contributed by atoms with E-state index in [2.05, 4.69) is 54.3 Å². The third-order valence-corrected chi connectivity index (χ3v) is 6.29. The monoisotopic (exact) mass is 333 g/mol. The van der Waals surface area contributed by atoms with Gasteiger partial charge in [-0.15, -0.1) is 0 Å². The van der Waals surface area contributed by atoms with Crippen LogP contribution in [0.15, 0.2) is 54.6 Å². The number of hydrogen-bond donors (Lipinski definition) is 0. The minimum atomic E-state index is -0.114. The minimum Gasteiger partial charge on any atom is -0.303 e. The van der Waals surface area contributed by atoms with E-state index in [9.17, 15) is 4.79 Å². The summed E-state index contributed by atoms with van der Waals surface area (Å²) in [6, 6.07) is 19.0. The second-order valence-corrected chi connectivity index (χ2v) is 7.88. The average molecular weight is 333 g/mol. The molecule has 1 spiro atoms. The van der Waals surface area contributed by atoms with Crippen LogP contribution in [0.4, 0.5) is 0 Å². The molecule has 25 heavy (non-hydrogen) atoms. The van der Waals surface area contributed by atoms with E-state index in [-0.39, 0.29) is 5.41 Å². The van der Waals surface area contributed by atoms with Gasteiger partial charge in [0, 0.05) is 17.5 Å². The van der Waals surface area contributed by atoms with Gasteiger partial charge in [0.2, 0.25) is 0 Å². The predicted molar refractivity (Wildman–Crippen MR) is 102 cm³/mol. The van der Waals surface area contributed by atoms with E-state index in [0.29, 0.717) is 11.7 Å². The summed E-state index contributed by atoms with van der Waals surface area (Å²) in [5.41, 5.74) is 3.53. The molecule has 2 heteroatoms. The van der Waals surface area contributed by atoms with Crippen molar-refractivity contribution in [3.63, 3.8) is 0 Å². The summed E-state index contributed by atoms with van der Waals surface area (Å²) in [5.74, 6) is 0.897. The van der Waals surface area contributed by atoms with E-state index >= 15 is 0 Å². The normalized spacial score (nSPS) is 22.8. The lowest BCUT2D eigenvalue weighted by Crippen LogP contribution is -2.47. The molecule has 130 valence electrons. The van der Waals surface area contributed by atoms with Crippen LogP contribution in [0.2, 0.25) is 0 Å². The van der Waals surface area contributed by atoms with Crippen LogP contribution in [0.3, 0.4) is 0 Å². The van der Waals surface area contributed by atoms with Gasteiger partial charge < -0.3 is 4.90 Å². The van der Waals surface area contributed by atoms with Crippen molar-refractivity contribution >= 4 is 5.78 Å². The van der Waals surface area contributed by atoms with Gasteiger partial charge in [0.25, 0.3) is 0 Å². The zero-order valence-electron chi connectivity index (χ0n) is 15.1. The number of ketones is 1. The zero-order chi connectivity index (χ0) is 17.3. The molecule has 1 aliphatic carbocycles. The first-order chi connectivity index (χ1) is 12.2. The van der Waals surface area contributed by atoms with Crippen molar-refractivity contribution < 1.29 is 4.79 Å².